The first-order valence-corrected chi connectivity index (χ1v) is 5.05. The number of aromatic carboxylic acids is 1. The zero-order chi connectivity index (χ0) is 10.4. The summed E-state index contributed by atoms with van der Waals surface area (Å²) in [5.74, 6) is -0.294. The molecule has 0 atom stereocenters. The van der Waals surface area contributed by atoms with Gasteiger partial charge >= 0.3 is 5.97 Å². The van der Waals surface area contributed by atoms with Gasteiger partial charge in [-0.3, -0.25) is 0 Å². The quantitative estimate of drug-likeness (QED) is 0.711. The van der Waals surface area contributed by atoms with Crippen molar-refractivity contribution in [2.75, 3.05) is 0 Å². The van der Waals surface area contributed by atoms with Gasteiger partial charge in [-0.2, -0.15) is 0 Å². The Balaban J connectivity index is 2.42. The Morgan fingerprint density at radius 2 is 2.21 bits per heavy atom. The van der Waals surface area contributed by atoms with Crippen LogP contribution in [0.1, 0.15) is 48.7 Å². The van der Waals surface area contributed by atoms with E-state index in [0.717, 1.165) is 19.3 Å². The molecule has 0 aromatic carbocycles. The molecule has 0 aliphatic carbocycles. The molecule has 1 heterocycles. The zero-order valence-corrected chi connectivity index (χ0v) is 8.45. The van der Waals surface area contributed by atoms with Crippen molar-refractivity contribution < 1.29 is 14.3 Å². The van der Waals surface area contributed by atoms with E-state index >= 15 is 0 Å². The number of unbranched alkanes of at least 4 members (excludes halogenated alkanes) is 3. The van der Waals surface area contributed by atoms with Crippen LogP contribution in [-0.2, 0) is 6.42 Å². The Kier molecular flexibility index (Phi) is 4.23. The van der Waals surface area contributed by atoms with Crippen LogP contribution in [0.3, 0.4) is 0 Å². The maximum atomic E-state index is 10.7. The molecule has 1 aromatic rings. The highest BCUT2D eigenvalue weighted by Crippen LogP contribution is 2.14. The van der Waals surface area contributed by atoms with Crippen LogP contribution >= 0.6 is 0 Å². The fraction of sp³-hybridized carbons (Fsp3) is 0.545. The summed E-state index contributed by atoms with van der Waals surface area (Å²) in [6, 6.07) is 1.51. The molecule has 3 heteroatoms. The van der Waals surface area contributed by atoms with Gasteiger partial charge in [0.25, 0.3) is 0 Å². The molecule has 1 N–H and O–H groups in total. The van der Waals surface area contributed by atoms with Crippen LogP contribution in [-0.4, -0.2) is 11.1 Å². The van der Waals surface area contributed by atoms with Crippen LogP contribution in [0.2, 0.25) is 0 Å². The summed E-state index contributed by atoms with van der Waals surface area (Å²) in [5, 5.41) is 8.80. The number of carboxylic acids is 1. The number of carboxylic acid groups (broad SMARTS) is 1. The van der Waals surface area contributed by atoms with E-state index in [1.807, 2.05) is 0 Å². The van der Waals surface area contributed by atoms with Crippen LogP contribution < -0.4 is 0 Å². The second-order valence-corrected chi connectivity index (χ2v) is 3.37. The van der Waals surface area contributed by atoms with Gasteiger partial charge in [0.1, 0.15) is 11.3 Å². The normalized spacial score (nSPS) is 10.4. The van der Waals surface area contributed by atoms with Gasteiger partial charge in [0.05, 0.1) is 6.26 Å². The highest BCUT2D eigenvalue weighted by molar-refractivity contribution is 5.88. The fourth-order valence-corrected chi connectivity index (χ4v) is 1.44. The Morgan fingerprint density at radius 1 is 1.43 bits per heavy atom. The molecular formula is C11H16O3. The average Bonchev–Trinajstić information content (AvgIpc) is 2.60. The van der Waals surface area contributed by atoms with Crippen LogP contribution in [0, 0.1) is 0 Å². The molecule has 0 unspecified atom stereocenters. The number of rotatable bonds is 6. The number of furan rings is 1. The summed E-state index contributed by atoms with van der Waals surface area (Å²) in [4.78, 5) is 10.7. The van der Waals surface area contributed by atoms with Gasteiger partial charge in [-0.1, -0.05) is 26.2 Å². The van der Waals surface area contributed by atoms with Crippen molar-refractivity contribution in [1.29, 1.82) is 0 Å². The van der Waals surface area contributed by atoms with Crippen molar-refractivity contribution in [3.8, 4) is 0 Å². The number of hydrogen-bond donors (Lipinski definition) is 1. The highest BCUT2D eigenvalue weighted by Gasteiger charge is 2.12. The standard InChI is InChI=1S/C11H16O3/c1-2-3-4-5-6-10-9(11(12)13)7-8-14-10/h7-8H,2-6H2,1H3,(H,12,13). The van der Waals surface area contributed by atoms with Crippen molar-refractivity contribution in [1.82, 2.24) is 0 Å². The molecule has 0 aliphatic heterocycles. The Bertz CT molecular complexity index is 288. The highest BCUT2D eigenvalue weighted by atomic mass is 16.4. The fourth-order valence-electron chi connectivity index (χ4n) is 1.44. The Labute approximate surface area is 83.7 Å². The summed E-state index contributed by atoms with van der Waals surface area (Å²) in [6.45, 7) is 2.15. The lowest BCUT2D eigenvalue weighted by Gasteiger charge is -1.98. The van der Waals surface area contributed by atoms with Gasteiger partial charge in [-0.05, 0) is 12.5 Å². The van der Waals surface area contributed by atoms with Crippen molar-refractivity contribution in [2.45, 2.75) is 39.0 Å². The molecule has 0 amide bonds. The molecule has 0 radical (unpaired) electrons. The van der Waals surface area contributed by atoms with Gasteiger partial charge in [0.15, 0.2) is 0 Å². The SMILES string of the molecule is CCCCCCc1occc1C(=O)O. The Morgan fingerprint density at radius 3 is 2.86 bits per heavy atom. The first kappa shape index (κ1) is 10.8. The second-order valence-electron chi connectivity index (χ2n) is 3.37. The third-order valence-electron chi connectivity index (χ3n) is 2.23. The average molecular weight is 196 g/mol. The van der Waals surface area contributed by atoms with Crippen molar-refractivity contribution in [3.63, 3.8) is 0 Å². The van der Waals surface area contributed by atoms with E-state index < -0.39 is 5.97 Å². The molecule has 1 aromatic heterocycles. The predicted octanol–water partition coefficient (Wildman–Crippen LogP) is 3.10. The third kappa shape index (κ3) is 2.91. The summed E-state index contributed by atoms with van der Waals surface area (Å²) in [7, 11) is 0. The van der Waals surface area contributed by atoms with Gasteiger partial charge in [-0.15, -0.1) is 0 Å². The maximum Gasteiger partial charge on any atom is 0.339 e. The van der Waals surface area contributed by atoms with E-state index in [1.165, 1.54) is 25.2 Å². The minimum absolute atomic E-state index is 0.307. The lowest BCUT2D eigenvalue weighted by molar-refractivity contribution is 0.0694. The summed E-state index contributed by atoms with van der Waals surface area (Å²) in [5.41, 5.74) is 0.307. The smallest absolute Gasteiger partial charge is 0.339 e. The third-order valence-corrected chi connectivity index (χ3v) is 2.23. The van der Waals surface area contributed by atoms with Crippen LogP contribution in [0.5, 0.6) is 0 Å². The maximum absolute atomic E-state index is 10.7. The summed E-state index contributed by atoms with van der Waals surface area (Å²) >= 11 is 0. The molecule has 14 heavy (non-hydrogen) atoms. The number of aryl methyl sites for hydroxylation is 1. The van der Waals surface area contributed by atoms with Crippen molar-refractivity contribution >= 4 is 5.97 Å². The minimum Gasteiger partial charge on any atom is -0.478 e. The first-order valence-electron chi connectivity index (χ1n) is 5.05. The van der Waals surface area contributed by atoms with E-state index in [9.17, 15) is 4.79 Å². The molecular weight excluding hydrogens is 180 g/mol. The van der Waals surface area contributed by atoms with Crippen LogP contribution in [0.15, 0.2) is 16.7 Å². The summed E-state index contributed by atoms with van der Waals surface area (Å²) < 4.78 is 5.13. The van der Waals surface area contributed by atoms with Crippen LogP contribution in [0.25, 0.3) is 0 Å². The van der Waals surface area contributed by atoms with Crippen molar-refractivity contribution in [3.05, 3.63) is 23.7 Å². The minimum atomic E-state index is -0.899. The zero-order valence-electron chi connectivity index (χ0n) is 8.45. The van der Waals surface area contributed by atoms with E-state index in [-0.39, 0.29) is 0 Å². The lowest BCUT2D eigenvalue weighted by Crippen LogP contribution is -1.98. The predicted molar refractivity (Wildman–Crippen MR) is 53.5 cm³/mol. The van der Waals surface area contributed by atoms with E-state index in [2.05, 4.69) is 6.92 Å². The van der Waals surface area contributed by atoms with Gasteiger partial charge in [0.2, 0.25) is 0 Å². The summed E-state index contributed by atoms with van der Waals surface area (Å²) in [6.07, 6.45) is 6.69. The lowest BCUT2D eigenvalue weighted by atomic mass is 10.1. The van der Waals surface area contributed by atoms with Gasteiger partial charge in [-0.25, -0.2) is 4.79 Å². The molecule has 0 saturated carbocycles. The van der Waals surface area contributed by atoms with Gasteiger partial charge in [0, 0.05) is 6.42 Å². The molecule has 0 fully saturated rings. The molecule has 78 valence electrons. The molecule has 0 bridgehead atoms. The molecule has 0 aliphatic rings. The first-order chi connectivity index (χ1) is 6.75. The van der Waals surface area contributed by atoms with E-state index in [1.54, 1.807) is 0 Å². The van der Waals surface area contributed by atoms with Gasteiger partial charge < -0.3 is 9.52 Å². The van der Waals surface area contributed by atoms with Crippen molar-refractivity contribution in [2.24, 2.45) is 0 Å². The molecule has 1 rings (SSSR count). The molecule has 3 nitrogen and oxygen atoms in total. The van der Waals surface area contributed by atoms with E-state index in [4.69, 9.17) is 9.52 Å². The monoisotopic (exact) mass is 196 g/mol. The molecule has 0 saturated heterocycles. The van der Waals surface area contributed by atoms with E-state index in [0.29, 0.717) is 11.3 Å². The number of carbonyl (C=O) groups is 1. The second kappa shape index (κ2) is 5.47. The Hall–Kier alpha value is -1.25. The van der Waals surface area contributed by atoms with Crippen LogP contribution in [0.4, 0.5) is 0 Å². The number of hydrogen-bond acceptors (Lipinski definition) is 2. The topological polar surface area (TPSA) is 50.4 Å². The molecule has 0 spiro atoms. The largest absolute Gasteiger partial charge is 0.478 e.